The molecule has 1 nitrogen and oxygen atoms in total. The van der Waals surface area contributed by atoms with E-state index in [1.807, 2.05) is 0 Å². The van der Waals surface area contributed by atoms with Crippen LogP contribution in [0.15, 0.2) is 0 Å². The molecule has 74 valence electrons. The smallest absolute Gasteiger partial charge is 0.0655 e. The molecule has 12 heavy (non-hydrogen) atoms. The first-order valence-corrected chi connectivity index (χ1v) is 4.24. The number of nitriles is 1. The van der Waals surface area contributed by atoms with E-state index in [1.165, 1.54) is 19.3 Å². The molecule has 0 radical (unpaired) electrons. The highest BCUT2D eigenvalue weighted by Gasteiger charge is 2.01. The summed E-state index contributed by atoms with van der Waals surface area (Å²) >= 11 is 0. The summed E-state index contributed by atoms with van der Waals surface area (Å²) in [4.78, 5) is 0. The van der Waals surface area contributed by atoms with Crippen molar-refractivity contribution < 1.29 is 0 Å². The average molecular weight is 212 g/mol. The van der Waals surface area contributed by atoms with Gasteiger partial charge in [0.1, 0.15) is 0 Å². The van der Waals surface area contributed by atoms with Crippen LogP contribution in [0.25, 0.3) is 0 Å². The van der Waals surface area contributed by atoms with Crippen molar-refractivity contribution in [3.8, 4) is 6.07 Å². The molecule has 0 N–H and O–H groups in total. The summed E-state index contributed by atoms with van der Waals surface area (Å²) in [6.07, 6.45) is 5.86. The minimum absolute atomic E-state index is 0. The van der Waals surface area contributed by atoms with Crippen molar-refractivity contribution in [2.75, 3.05) is 0 Å². The number of rotatable bonds is 5. The third-order valence-electron chi connectivity index (χ3n) is 1.83. The van der Waals surface area contributed by atoms with Crippen molar-refractivity contribution >= 4 is 24.8 Å². The van der Waals surface area contributed by atoms with Crippen molar-refractivity contribution in [3.63, 3.8) is 0 Å². The lowest BCUT2D eigenvalue weighted by Gasteiger charge is -2.02. The third-order valence-corrected chi connectivity index (χ3v) is 1.83. The Morgan fingerprint density at radius 1 is 1.17 bits per heavy atom. The molecule has 1 atom stereocenters. The topological polar surface area (TPSA) is 23.8 Å². The highest BCUT2D eigenvalue weighted by Crippen LogP contribution is 2.11. The maximum atomic E-state index is 8.58. The summed E-state index contributed by atoms with van der Waals surface area (Å²) in [5, 5.41) is 8.58. The van der Waals surface area contributed by atoms with Gasteiger partial charge in [0.2, 0.25) is 0 Å². The summed E-state index contributed by atoms with van der Waals surface area (Å²) in [5.41, 5.74) is 0. The fourth-order valence-electron chi connectivity index (χ4n) is 1.00. The zero-order valence-electron chi connectivity index (χ0n) is 7.88. The van der Waals surface area contributed by atoms with Crippen LogP contribution < -0.4 is 0 Å². The van der Waals surface area contributed by atoms with Crippen LogP contribution in [-0.2, 0) is 0 Å². The Bertz CT molecular complexity index is 110. The fraction of sp³-hybridized carbons (Fsp3) is 0.889. The van der Waals surface area contributed by atoms with E-state index in [0.717, 1.165) is 12.8 Å². The molecule has 0 fully saturated rings. The Morgan fingerprint density at radius 2 is 1.75 bits per heavy atom. The van der Waals surface area contributed by atoms with Crippen molar-refractivity contribution in [1.82, 2.24) is 0 Å². The molecule has 0 rings (SSSR count). The SMILES string of the molecule is CCCCCC(C#N)CC.Cl.Cl. The highest BCUT2D eigenvalue weighted by molar-refractivity contribution is 5.85. The first-order chi connectivity index (χ1) is 4.85. The molecule has 0 aromatic heterocycles. The summed E-state index contributed by atoms with van der Waals surface area (Å²) in [6, 6.07) is 2.31. The van der Waals surface area contributed by atoms with E-state index < -0.39 is 0 Å². The lowest BCUT2D eigenvalue weighted by Crippen LogP contribution is -1.93. The Labute approximate surface area is 88.4 Å². The predicted molar refractivity (Wildman–Crippen MR) is 58.0 cm³/mol. The van der Waals surface area contributed by atoms with Crippen LogP contribution in [0.5, 0.6) is 0 Å². The molecule has 0 amide bonds. The molecule has 0 aromatic carbocycles. The van der Waals surface area contributed by atoms with Gasteiger partial charge in [-0.15, -0.1) is 24.8 Å². The molecular formula is C9H19Cl2N. The molecule has 3 heteroatoms. The second-order valence-electron chi connectivity index (χ2n) is 2.73. The van der Waals surface area contributed by atoms with Crippen LogP contribution >= 0.6 is 24.8 Å². The van der Waals surface area contributed by atoms with Gasteiger partial charge in [-0.3, -0.25) is 0 Å². The van der Waals surface area contributed by atoms with Gasteiger partial charge in [-0.1, -0.05) is 33.1 Å². The van der Waals surface area contributed by atoms with Gasteiger partial charge >= 0.3 is 0 Å². The molecular weight excluding hydrogens is 193 g/mol. The first-order valence-electron chi connectivity index (χ1n) is 4.24. The quantitative estimate of drug-likeness (QED) is 0.632. The Balaban J connectivity index is -0.000000405. The molecule has 0 heterocycles. The lowest BCUT2D eigenvalue weighted by molar-refractivity contribution is 0.536. The van der Waals surface area contributed by atoms with Gasteiger partial charge in [-0.2, -0.15) is 5.26 Å². The first kappa shape index (κ1) is 18.0. The Kier molecular flexibility index (Phi) is 20.4. The molecule has 0 saturated heterocycles. The molecule has 0 aliphatic carbocycles. The van der Waals surface area contributed by atoms with Gasteiger partial charge in [0.05, 0.1) is 6.07 Å². The minimum atomic E-state index is 0. The third kappa shape index (κ3) is 10.1. The van der Waals surface area contributed by atoms with E-state index >= 15 is 0 Å². The van der Waals surface area contributed by atoms with Gasteiger partial charge in [-0.25, -0.2) is 0 Å². The van der Waals surface area contributed by atoms with Crippen molar-refractivity contribution in [2.45, 2.75) is 46.0 Å². The number of hydrogen-bond acceptors (Lipinski definition) is 1. The summed E-state index contributed by atoms with van der Waals surface area (Å²) < 4.78 is 0. The molecule has 0 saturated carbocycles. The van der Waals surface area contributed by atoms with Crippen molar-refractivity contribution in [1.29, 1.82) is 5.26 Å². The molecule has 0 spiro atoms. The van der Waals surface area contributed by atoms with Crippen molar-refractivity contribution in [3.05, 3.63) is 0 Å². The van der Waals surface area contributed by atoms with Crippen LogP contribution in [0.2, 0.25) is 0 Å². The fourth-order valence-corrected chi connectivity index (χ4v) is 1.00. The Morgan fingerprint density at radius 3 is 2.08 bits per heavy atom. The van der Waals surface area contributed by atoms with Gasteiger partial charge in [0.25, 0.3) is 0 Å². The van der Waals surface area contributed by atoms with Crippen molar-refractivity contribution in [2.24, 2.45) is 5.92 Å². The van der Waals surface area contributed by atoms with E-state index in [9.17, 15) is 0 Å². The maximum absolute atomic E-state index is 8.58. The summed E-state index contributed by atoms with van der Waals surface area (Å²) in [7, 11) is 0. The van der Waals surface area contributed by atoms with Crippen LogP contribution in [0.1, 0.15) is 46.0 Å². The van der Waals surface area contributed by atoms with E-state index in [-0.39, 0.29) is 24.8 Å². The van der Waals surface area contributed by atoms with Crippen LogP contribution in [-0.4, -0.2) is 0 Å². The summed E-state index contributed by atoms with van der Waals surface area (Å²) in [5.74, 6) is 0.312. The molecule has 0 bridgehead atoms. The molecule has 0 aliphatic heterocycles. The monoisotopic (exact) mass is 211 g/mol. The summed E-state index contributed by atoms with van der Waals surface area (Å²) in [6.45, 7) is 4.27. The second-order valence-corrected chi connectivity index (χ2v) is 2.73. The van der Waals surface area contributed by atoms with Gasteiger partial charge in [0.15, 0.2) is 0 Å². The van der Waals surface area contributed by atoms with Crippen LogP contribution in [0.4, 0.5) is 0 Å². The van der Waals surface area contributed by atoms with Crippen LogP contribution in [0, 0.1) is 17.2 Å². The van der Waals surface area contributed by atoms with E-state index in [0.29, 0.717) is 5.92 Å². The lowest BCUT2D eigenvalue weighted by atomic mass is 10.0. The standard InChI is InChI=1S/C9H17N.2ClH/c1-3-5-6-7-9(4-2)8-10;;/h9H,3-7H2,1-2H3;2*1H. The average Bonchev–Trinajstić information content (AvgIpc) is 1.99. The van der Waals surface area contributed by atoms with E-state index in [1.54, 1.807) is 0 Å². The second kappa shape index (κ2) is 13.6. The minimum Gasteiger partial charge on any atom is -0.198 e. The van der Waals surface area contributed by atoms with Gasteiger partial charge < -0.3 is 0 Å². The van der Waals surface area contributed by atoms with Gasteiger partial charge in [0, 0.05) is 5.92 Å². The molecule has 1 unspecified atom stereocenters. The normalized spacial score (nSPS) is 10.4. The van der Waals surface area contributed by atoms with Gasteiger partial charge in [-0.05, 0) is 12.8 Å². The number of halogens is 2. The van der Waals surface area contributed by atoms with E-state index in [4.69, 9.17) is 5.26 Å². The number of unbranched alkanes of at least 4 members (excludes halogenated alkanes) is 2. The predicted octanol–water partition coefficient (Wildman–Crippen LogP) is 3.96. The molecule has 0 aliphatic rings. The largest absolute Gasteiger partial charge is 0.198 e. The number of nitrogens with zero attached hydrogens (tertiary/aromatic N) is 1. The zero-order chi connectivity index (χ0) is 7.82. The highest BCUT2D eigenvalue weighted by atomic mass is 35.5. The molecule has 0 aromatic rings. The maximum Gasteiger partial charge on any atom is 0.0655 e. The Hall–Kier alpha value is 0.0700. The zero-order valence-corrected chi connectivity index (χ0v) is 9.51. The van der Waals surface area contributed by atoms with E-state index in [2.05, 4.69) is 19.9 Å². The van der Waals surface area contributed by atoms with Crippen LogP contribution in [0.3, 0.4) is 0 Å². The number of hydrogen-bond donors (Lipinski definition) is 0.